The standard InChI is InChI=1S/C23H20N2O3/c1-15-12-16(2)23-20(13-15)21(25-28-23)14-22(26)24-17-8-10-19(11-9-17)27-18-6-4-3-5-7-18/h3-13H,14H2,1-2H3,(H,24,26). The Kier molecular flexibility index (Phi) is 4.81. The fourth-order valence-corrected chi connectivity index (χ4v) is 3.16. The Morgan fingerprint density at radius 1 is 1.00 bits per heavy atom. The second-order valence-electron chi connectivity index (χ2n) is 6.75. The Morgan fingerprint density at radius 3 is 2.46 bits per heavy atom. The molecule has 5 nitrogen and oxygen atoms in total. The monoisotopic (exact) mass is 372 g/mol. The first-order chi connectivity index (χ1) is 13.6. The Morgan fingerprint density at radius 2 is 1.71 bits per heavy atom. The molecule has 0 atom stereocenters. The molecule has 4 rings (SSSR count). The van der Waals surface area contributed by atoms with Gasteiger partial charge in [-0.25, -0.2) is 0 Å². The SMILES string of the molecule is Cc1cc(C)c2onc(CC(=O)Nc3ccc(Oc4ccccc4)cc3)c2c1. The van der Waals surface area contributed by atoms with E-state index in [9.17, 15) is 4.79 Å². The highest BCUT2D eigenvalue weighted by atomic mass is 16.5. The van der Waals surface area contributed by atoms with Crippen molar-refractivity contribution in [3.63, 3.8) is 0 Å². The summed E-state index contributed by atoms with van der Waals surface area (Å²) in [5, 5.41) is 7.86. The molecule has 1 heterocycles. The molecule has 28 heavy (non-hydrogen) atoms. The van der Waals surface area contributed by atoms with Gasteiger partial charge in [0, 0.05) is 11.1 Å². The second-order valence-corrected chi connectivity index (χ2v) is 6.75. The fraction of sp³-hybridized carbons (Fsp3) is 0.130. The van der Waals surface area contributed by atoms with E-state index in [1.807, 2.05) is 80.6 Å². The van der Waals surface area contributed by atoms with Crippen molar-refractivity contribution in [1.29, 1.82) is 0 Å². The third-order valence-electron chi connectivity index (χ3n) is 4.42. The maximum atomic E-state index is 12.4. The topological polar surface area (TPSA) is 64.4 Å². The van der Waals surface area contributed by atoms with Crippen LogP contribution in [0.4, 0.5) is 5.69 Å². The fourth-order valence-electron chi connectivity index (χ4n) is 3.16. The molecule has 1 aromatic heterocycles. The van der Waals surface area contributed by atoms with Crippen molar-refractivity contribution in [2.75, 3.05) is 5.32 Å². The Hall–Kier alpha value is -3.60. The van der Waals surface area contributed by atoms with Gasteiger partial charge in [0.1, 0.15) is 17.2 Å². The van der Waals surface area contributed by atoms with E-state index in [-0.39, 0.29) is 12.3 Å². The lowest BCUT2D eigenvalue weighted by Gasteiger charge is -2.08. The van der Waals surface area contributed by atoms with E-state index in [1.54, 1.807) is 0 Å². The summed E-state index contributed by atoms with van der Waals surface area (Å²) >= 11 is 0. The van der Waals surface area contributed by atoms with Gasteiger partial charge < -0.3 is 14.6 Å². The number of aryl methyl sites for hydroxylation is 2. The summed E-state index contributed by atoms with van der Waals surface area (Å²) in [4.78, 5) is 12.4. The molecule has 1 N–H and O–H groups in total. The molecule has 4 aromatic rings. The number of rotatable bonds is 5. The number of hydrogen-bond acceptors (Lipinski definition) is 4. The van der Waals surface area contributed by atoms with Crippen LogP contribution in [0.25, 0.3) is 11.0 Å². The first-order valence-corrected chi connectivity index (χ1v) is 9.07. The van der Waals surface area contributed by atoms with E-state index in [1.165, 1.54) is 0 Å². The van der Waals surface area contributed by atoms with E-state index in [2.05, 4.69) is 10.5 Å². The highest BCUT2D eigenvalue weighted by Gasteiger charge is 2.14. The predicted octanol–water partition coefficient (Wildman–Crippen LogP) is 5.42. The number of aromatic nitrogens is 1. The van der Waals surface area contributed by atoms with Crippen molar-refractivity contribution in [1.82, 2.24) is 5.16 Å². The van der Waals surface area contributed by atoms with Gasteiger partial charge in [0.2, 0.25) is 5.91 Å². The highest BCUT2D eigenvalue weighted by Crippen LogP contribution is 2.25. The van der Waals surface area contributed by atoms with Gasteiger partial charge in [-0.05, 0) is 67.4 Å². The molecular formula is C23H20N2O3. The Balaban J connectivity index is 1.43. The molecule has 3 aromatic carbocycles. The normalized spacial score (nSPS) is 10.8. The third kappa shape index (κ3) is 3.88. The zero-order valence-electron chi connectivity index (χ0n) is 15.7. The summed E-state index contributed by atoms with van der Waals surface area (Å²) in [6, 6.07) is 20.8. The number of nitrogens with zero attached hydrogens (tertiary/aromatic N) is 1. The van der Waals surface area contributed by atoms with E-state index in [4.69, 9.17) is 9.26 Å². The lowest BCUT2D eigenvalue weighted by molar-refractivity contribution is -0.115. The number of hydrogen-bond donors (Lipinski definition) is 1. The molecule has 0 bridgehead atoms. The summed E-state index contributed by atoms with van der Waals surface area (Å²) in [6.45, 7) is 3.99. The van der Waals surface area contributed by atoms with Crippen molar-refractivity contribution in [3.8, 4) is 11.5 Å². The van der Waals surface area contributed by atoms with Gasteiger partial charge >= 0.3 is 0 Å². The van der Waals surface area contributed by atoms with E-state index < -0.39 is 0 Å². The van der Waals surface area contributed by atoms with Crippen molar-refractivity contribution in [3.05, 3.63) is 83.6 Å². The molecular weight excluding hydrogens is 352 g/mol. The van der Waals surface area contributed by atoms with Gasteiger partial charge in [0.05, 0.1) is 6.42 Å². The van der Waals surface area contributed by atoms with Gasteiger partial charge in [-0.3, -0.25) is 4.79 Å². The number of nitrogens with one attached hydrogen (secondary N) is 1. The summed E-state index contributed by atoms with van der Waals surface area (Å²) in [7, 11) is 0. The zero-order valence-corrected chi connectivity index (χ0v) is 15.7. The summed E-state index contributed by atoms with van der Waals surface area (Å²) in [5.41, 5.74) is 4.21. The smallest absolute Gasteiger partial charge is 0.230 e. The molecule has 0 saturated carbocycles. The van der Waals surface area contributed by atoms with Crippen LogP contribution >= 0.6 is 0 Å². The number of amides is 1. The largest absolute Gasteiger partial charge is 0.457 e. The molecule has 0 saturated heterocycles. The number of para-hydroxylation sites is 1. The lowest BCUT2D eigenvalue weighted by Crippen LogP contribution is -2.14. The molecule has 0 radical (unpaired) electrons. The highest BCUT2D eigenvalue weighted by molar-refractivity contribution is 5.95. The van der Waals surface area contributed by atoms with Gasteiger partial charge in [0.25, 0.3) is 0 Å². The minimum Gasteiger partial charge on any atom is -0.457 e. The molecule has 0 aliphatic carbocycles. The number of ether oxygens (including phenoxy) is 1. The molecule has 0 fully saturated rings. The van der Waals surface area contributed by atoms with Crippen LogP contribution in [0.2, 0.25) is 0 Å². The molecule has 0 aliphatic rings. The minimum absolute atomic E-state index is 0.147. The summed E-state index contributed by atoms with van der Waals surface area (Å²) in [5.74, 6) is 1.33. The predicted molar refractivity (Wildman–Crippen MR) is 109 cm³/mol. The molecule has 140 valence electrons. The van der Waals surface area contributed by atoms with Crippen LogP contribution in [0, 0.1) is 13.8 Å². The van der Waals surface area contributed by atoms with Gasteiger partial charge in [-0.15, -0.1) is 0 Å². The number of carbonyl (C=O) groups is 1. The molecule has 5 heteroatoms. The van der Waals surface area contributed by atoms with Crippen LogP contribution in [-0.4, -0.2) is 11.1 Å². The van der Waals surface area contributed by atoms with Crippen molar-refractivity contribution in [2.45, 2.75) is 20.3 Å². The lowest BCUT2D eigenvalue weighted by atomic mass is 10.1. The van der Waals surface area contributed by atoms with Gasteiger partial charge in [-0.2, -0.15) is 0 Å². The van der Waals surface area contributed by atoms with Crippen LogP contribution in [-0.2, 0) is 11.2 Å². The summed E-state index contributed by atoms with van der Waals surface area (Å²) in [6.07, 6.45) is 0.151. The molecule has 1 amide bonds. The average Bonchev–Trinajstić information content (AvgIpc) is 3.07. The molecule has 0 unspecified atom stereocenters. The van der Waals surface area contributed by atoms with Crippen molar-refractivity contribution >= 4 is 22.6 Å². The van der Waals surface area contributed by atoms with Gasteiger partial charge in [0.15, 0.2) is 5.58 Å². The van der Waals surface area contributed by atoms with E-state index in [0.717, 1.165) is 27.8 Å². The third-order valence-corrected chi connectivity index (χ3v) is 4.42. The number of anilines is 1. The van der Waals surface area contributed by atoms with E-state index >= 15 is 0 Å². The van der Waals surface area contributed by atoms with E-state index in [0.29, 0.717) is 17.1 Å². The summed E-state index contributed by atoms with van der Waals surface area (Å²) < 4.78 is 11.2. The minimum atomic E-state index is -0.147. The van der Waals surface area contributed by atoms with Gasteiger partial charge in [-0.1, -0.05) is 29.4 Å². The first-order valence-electron chi connectivity index (χ1n) is 9.07. The van der Waals surface area contributed by atoms with Crippen molar-refractivity contribution < 1.29 is 14.1 Å². The maximum absolute atomic E-state index is 12.4. The Bertz CT molecular complexity index is 1120. The first kappa shape index (κ1) is 17.8. The van der Waals surface area contributed by atoms with Crippen LogP contribution in [0.3, 0.4) is 0 Å². The van der Waals surface area contributed by atoms with Crippen molar-refractivity contribution in [2.24, 2.45) is 0 Å². The zero-order chi connectivity index (χ0) is 19.5. The van der Waals surface area contributed by atoms with Crippen LogP contribution in [0.1, 0.15) is 16.8 Å². The maximum Gasteiger partial charge on any atom is 0.230 e. The molecule has 0 spiro atoms. The van der Waals surface area contributed by atoms with Crippen LogP contribution in [0.5, 0.6) is 11.5 Å². The number of fused-ring (bicyclic) bond motifs is 1. The average molecular weight is 372 g/mol. The Labute approximate surface area is 162 Å². The quantitative estimate of drug-likeness (QED) is 0.508. The number of carbonyl (C=O) groups excluding carboxylic acids is 1. The van der Waals surface area contributed by atoms with Crippen LogP contribution < -0.4 is 10.1 Å². The second kappa shape index (κ2) is 7.56. The van der Waals surface area contributed by atoms with Crippen LogP contribution in [0.15, 0.2) is 71.3 Å². The molecule has 0 aliphatic heterocycles. The number of benzene rings is 3.